The molecule has 8 heteroatoms. The molecule has 0 saturated carbocycles. The van der Waals surface area contributed by atoms with Crippen molar-refractivity contribution in [1.29, 1.82) is 0 Å². The van der Waals surface area contributed by atoms with Crippen LogP contribution in [0, 0.1) is 0 Å². The topological polar surface area (TPSA) is 63.6 Å². The average Bonchev–Trinajstić information content (AvgIpc) is 3.02. The lowest BCUT2D eigenvalue weighted by molar-refractivity contribution is -0.0109. The molecule has 412 valence electrons. The van der Waals surface area contributed by atoms with Gasteiger partial charge in [0, 0.05) is 64.3 Å². The van der Waals surface area contributed by atoms with Crippen LogP contribution in [0.1, 0.15) is 59.4 Å². The van der Waals surface area contributed by atoms with Gasteiger partial charge in [-0.15, -0.1) is 0 Å². The van der Waals surface area contributed by atoms with E-state index >= 15 is 0 Å². The van der Waals surface area contributed by atoms with Gasteiger partial charge in [0.15, 0.2) is 0 Å². The fraction of sp³-hybridized carbons (Fsp3) is 0.200. The molecule has 0 fully saturated rings. The molecular formula is C75H66N2O6. The summed E-state index contributed by atoms with van der Waals surface area (Å²) in [6, 6.07) is 82.9. The number of benzene rings is 10. The summed E-state index contributed by atoms with van der Waals surface area (Å²) < 4.78 is 39.5. The average molecular weight is 1090 g/mol. The predicted octanol–water partition coefficient (Wildman–Crippen LogP) is 17.3. The first-order valence-electron chi connectivity index (χ1n) is 29.2. The molecule has 8 nitrogen and oxygen atoms in total. The summed E-state index contributed by atoms with van der Waals surface area (Å²) in [6.07, 6.45) is 2.21. The molecule has 3 aliphatic carbocycles. The minimum atomic E-state index is -0.132. The van der Waals surface area contributed by atoms with Gasteiger partial charge in [0.2, 0.25) is 0 Å². The first-order chi connectivity index (χ1) is 40.9. The largest absolute Gasteiger partial charge is 0.491 e. The third kappa shape index (κ3) is 10.4. The minimum Gasteiger partial charge on any atom is -0.491 e. The molecule has 0 saturated heterocycles. The van der Waals surface area contributed by atoms with Crippen molar-refractivity contribution >= 4 is 38.9 Å². The summed E-state index contributed by atoms with van der Waals surface area (Å²) in [5.74, 6) is 1.38. The van der Waals surface area contributed by atoms with Crippen molar-refractivity contribution in [3.63, 3.8) is 0 Å². The van der Waals surface area contributed by atoms with Crippen LogP contribution >= 0.6 is 0 Å². The molecule has 0 radical (unpaired) electrons. The van der Waals surface area contributed by atoms with Gasteiger partial charge in [-0.3, -0.25) is 0 Å². The van der Waals surface area contributed by atoms with E-state index in [-0.39, 0.29) is 17.6 Å². The van der Waals surface area contributed by atoms with Gasteiger partial charge in [-0.05, 0) is 121 Å². The first kappa shape index (κ1) is 52.3. The molecular weight excluding hydrogens is 1020 g/mol. The second kappa shape index (κ2) is 22.9. The van der Waals surface area contributed by atoms with E-state index in [0.717, 1.165) is 68.5 Å². The number of hydrogen-bond donors (Lipinski definition) is 0. The van der Waals surface area contributed by atoms with Crippen molar-refractivity contribution in [3.8, 4) is 50.6 Å². The summed E-state index contributed by atoms with van der Waals surface area (Å²) in [4.78, 5) is 2.39. The standard InChI is InChI=1S/C75H66N2O6/c1-75(2)69-22-12-10-20-65(69)66-34-33-59(49-70(66)75)76(57-29-24-52(25-30-57)51-14-4-3-5-15-51)58-31-26-53(27-32-58)54-28-35-72-68(44-54)67-21-11-13-23-71(67)77(72)60-47-61(80-40-36-78-38-42-82-73-45-55-16-6-8-18-63(55)73)50-62(48-60)81-41-37-79-39-43-83-74-46-56-17-7-9-19-64(56)74/h3-35,44,47-50,73-74H,36-43,45-46H2,1-2H3. The fourth-order valence-electron chi connectivity index (χ4n) is 12.7. The number of para-hydroxylation sites is 1. The van der Waals surface area contributed by atoms with E-state index in [1.165, 1.54) is 55.6 Å². The molecule has 3 aliphatic rings. The van der Waals surface area contributed by atoms with E-state index in [1.807, 2.05) is 6.07 Å². The van der Waals surface area contributed by atoms with E-state index in [4.69, 9.17) is 28.4 Å². The van der Waals surface area contributed by atoms with Crippen LogP contribution in [0.4, 0.5) is 17.1 Å². The fourth-order valence-corrected chi connectivity index (χ4v) is 12.7. The van der Waals surface area contributed by atoms with E-state index in [0.29, 0.717) is 64.4 Å². The Kier molecular flexibility index (Phi) is 14.4. The molecule has 0 amide bonds. The summed E-state index contributed by atoms with van der Waals surface area (Å²) in [7, 11) is 0. The SMILES string of the molecule is CC1(C)c2ccccc2-c2ccc(N(c3ccc(-c4ccccc4)cc3)c3ccc(-c4ccc5c(c4)c4ccccc4n5-c4cc(OCCOCCOC5Cc6ccccc65)cc(OCCOCCOC5Cc6ccccc65)c4)cc3)cc21. The smallest absolute Gasteiger partial charge is 0.125 e. The minimum absolute atomic E-state index is 0.132. The van der Waals surface area contributed by atoms with E-state index in [9.17, 15) is 0 Å². The van der Waals surface area contributed by atoms with Crippen LogP contribution in [0.5, 0.6) is 11.5 Å². The second-order valence-corrected chi connectivity index (χ2v) is 22.4. The van der Waals surface area contributed by atoms with E-state index in [1.54, 1.807) is 0 Å². The molecule has 1 aromatic heterocycles. The highest BCUT2D eigenvalue weighted by atomic mass is 16.6. The number of aromatic nitrogens is 1. The molecule has 2 atom stereocenters. The van der Waals surface area contributed by atoms with Gasteiger partial charge in [0.05, 0.1) is 68.6 Å². The van der Waals surface area contributed by atoms with Crippen LogP contribution < -0.4 is 14.4 Å². The number of anilines is 3. The Labute approximate surface area is 486 Å². The van der Waals surface area contributed by atoms with Gasteiger partial charge in [0.1, 0.15) is 24.7 Å². The van der Waals surface area contributed by atoms with Crippen molar-refractivity contribution in [1.82, 2.24) is 4.57 Å². The van der Waals surface area contributed by atoms with Crippen LogP contribution in [-0.4, -0.2) is 57.4 Å². The first-order valence-corrected chi connectivity index (χ1v) is 29.2. The Morgan fingerprint density at radius 2 is 0.904 bits per heavy atom. The lowest BCUT2D eigenvalue weighted by Gasteiger charge is -2.29. The van der Waals surface area contributed by atoms with Crippen molar-refractivity contribution in [3.05, 3.63) is 264 Å². The molecule has 10 aromatic carbocycles. The summed E-state index contributed by atoms with van der Waals surface area (Å²) >= 11 is 0. The second-order valence-electron chi connectivity index (χ2n) is 22.4. The molecule has 1 heterocycles. The highest BCUT2D eigenvalue weighted by Gasteiger charge is 2.36. The maximum absolute atomic E-state index is 6.45. The van der Waals surface area contributed by atoms with Crippen LogP contribution in [0.3, 0.4) is 0 Å². The quantitative estimate of drug-likeness (QED) is 0.0627. The van der Waals surface area contributed by atoms with Crippen molar-refractivity contribution in [2.75, 3.05) is 57.8 Å². The Morgan fingerprint density at radius 1 is 0.398 bits per heavy atom. The molecule has 83 heavy (non-hydrogen) atoms. The molecule has 2 unspecified atom stereocenters. The Balaban J connectivity index is 0.722. The zero-order chi connectivity index (χ0) is 55.7. The Morgan fingerprint density at radius 3 is 1.55 bits per heavy atom. The number of ether oxygens (including phenoxy) is 6. The van der Waals surface area contributed by atoms with Crippen LogP contribution in [0.25, 0.3) is 60.9 Å². The van der Waals surface area contributed by atoms with Gasteiger partial charge in [-0.25, -0.2) is 0 Å². The summed E-state index contributed by atoms with van der Waals surface area (Å²) in [5.41, 5.74) is 21.5. The Bertz CT molecular complexity index is 4030. The lowest BCUT2D eigenvalue weighted by atomic mass is 9.82. The van der Waals surface area contributed by atoms with Gasteiger partial charge >= 0.3 is 0 Å². The zero-order valence-corrected chi connectivity index (χ0v) is 47.0. The third-order valence-electron chi connectivity index (χ3n) is 17.0. The Hall–Kier alpha value is -8.76. The van der Waals surface area contributed by atoms with Crippen molar-refractivity contribution in [2.24, 2.45) is 0 Å². The normalized spacial score (nSPS) is 15.2. The van der Waals surface area contributed by atoms with Crippen molar-refractivity contribution < 1.29 is 28.4 Å². The van der Waals surface area contributed by atoms with Crippen LogP contribution in [0.15, 0.2) is 231 Å². The highest BCUT2D eigenvalue weighted by Crippen LogP contribution is 2.51. The summed E-state index contributed by atoms with van der Waals surface area (Å²) in [6.45, 7) is 8.34. The van der Waals surface area contributed by atoms with Crippen LogP contribution in [-0.2, 0) is 37.2 Å². The maximum Gasteiger partial charge on any atom is 0.125 e. The summed E-state index contributed by atoms with van der Waals surface area (Å²) in [5, 5.41) is 2.31. The number of fused-ring (bicyclic) bond motifs is 8. The van der Waals surface area contributed by atoms with Gasteiger partial charge in [-0.2, -0.15) is 0 Å². The zero-order valence-electron chi connectivity index (χ0n) is 47.0. The molecule has 11 aromatic rings. The number of nitrogens with zero attached hydrogens (tertiary/aromatic N) is 2. The molecule has 0 spiro atoms. The van der Waals surface area contributed by atoms with Crippen LogP contribution in [0.2, 0.25) is 0 Å². The highest BCUT2D eigenvalue weighted by molar-refractivity contribution is 6.10. The van der Waals surface area contributed by atoms with Gasteiger partial charge in [-0.1, -0.05) is 172 Å². The number of rotatable bonds is 22. The van der Waals surface area contributed by atoms with E-state index < -0.39 is 0 Å². The van der Waals surface area contributed by atoms with Gasteiger partial charge in [0.25, 0.3) is 0 Å². The molecule has 0 bridgehead atoms. The number of hydrogen-bond acceptors (Lipinski definition) is 7. The molecule has 0 aliphatic heterocycles. The third-order valence-corrected chi connectivity index (χ3v) is 17.0. The van der Waals surface area contributed by atoms with Crippen molar-refractivity contribution in [2.45, 2.75) is 44.3 Å². The van der Waals surface area contributed by atoms with Gasteiger partial charge < -0.3 is 37.9 Å². The van der Waals surface area contributed by atoms with E-state index in [2.05, 4.69) is 248 Å². The monoisotopic (exact) mass is 1090 g/mol. The molecule has 14 rings (SSSR count). The predicted molar refractivity (Wildman–Crippen MR) is 334 cm³/mol. The molecule has 0 N–H and O–H groups in total. The lowest BCUT2D eigenvalue weighted by Crippen LogP contribution is -2.22. The maximum atomic E-state index is 6.45.